The lowest BCUT2D eigenvalue weighted by Gasteiger charge is -2.37. The second kappa shape index (κ2) is 11.5. The molecule has 3 saturated heterocycles. The van der Waals surface area contributed by atoms with Crippen molar-refractivity contribution in [1.82, 2.24) is 14.7 Å². The zero-order valence-corrected chi connectivity index (χ0v) is 22.9. The van der Waals surface area contributed by atoms with Crippen LogP contribution in [0.5, 0.6) is 0 Å². The Labute approximate surface area is 227 Å². The molecule has 3 aliphatic rings. The zero-order valence-electron chi connectivity index (χ0n) is 21.3. The molecule has 8 nitrogen and oxygen atoms in total. The fraction of sp³-hybridized carbons (Fsp3) is 0.536. The molecule has 1 aromatic carbocycles. The average Bonchev–Trinajstić information content (AvgIpc) is 3.47. The number of hydrogen-bond donors (Lipinski definition) is 1. The van der Waals surface area contributed by atoms with E-state index in [9.17, 15) is 19.5 Å². The number of nitrogens with zero attached hydrogens (tertiary/aromatic N) is 3. The van der Waals surface area contributed by atoms with E-state index in [0.717, 1.165) is 12.0 Å². The molecule has 3 amide bonds. The topological polar surface area (TPSA) is 90.4 Å². The van der Waals surface area contributed by atoms with Crippen molar-refractivity contribution in [1.29, 1.82) is 0 Å². The predicted octanol–water partition coefficient (Wildman–Crippen LogP) is 2.37. The Balaban J connectivity index is 1.73. The maximum atomic E-state index is 14.2. The number of β-amino-alcohol motifs (C(OH)–C–C–N with tert-alkyl or cyclic N) is 1. The summed E-state index contributed by atoms with van der Waals surface area (Å²) in [4.78, 5) is 46.6. The highest BCUT2D eigenvalue weighted by atomic mass is 79.9. The molecule has 37 heavy (non-hydrogen) atoms. The van der Waals surface area contributed by atoms with Crippen molar-refractivity contribution < 1.29 is 24.2 Å². The smallest absolute Gasteiger partial charge is 0.248 e. The first-order valence-electron chi connectivity index (χ1n) is 12.9. The van der Waals surface area contributed by atoms with Crippen molar-refractivity contribution in [3.8, 4) is 0 Å². The van der Waals surface area contributed by atoms with Gasteiger partial charge in [-0.3, -0.25) is 14.4 Å². The highest BCUT2D eigenvalue weighted by molar-refractivity contribution is 9.09. The fourth-order valence-corrected chi connectivity index (χ4v) is 7.28. The lowest BCUT2D eigenvalue weighted by atomic mass is 9.70. The van der Waals surface area contributed by atoms with Gasteiger partial charge in [0.05, 0.1) is 24.5 Å². The fourth-order valence-electron chi connectivity index (χ4n) is 6.33. The van der Waals surface area contributed by atoms with Crippen molar-refractivity contribution in [3.05, 3.63) is 61.2 Å². The molecular formula is C28H36BrN3O5. The Morgan fingerprint density at radius 1 is 1.19 bits per heavy atom. The minimum absolute atomic E-state index is 0.00597. The van der Waals surface area contributed by atoms with Gasteiger partial charge in [-0.1, -0.05) is 65.3 Å². The summed E-state index contributed by atoms with van der Waals surface area (Å²) in [5, 5.41) is 9.84. The number of carbonyl (C=O) groups is 3. The highest BCUT2D eigenvalue weighted by Crippen LogP contribution is 2.60. The number of benzene rings is 1. The van der Waals surface area contributed by atoms with Crippen LogP contribution < -0.4 is 0 Å². The van der Waals surface area contributed by atoms with Crippen LogP contribution in [0.4, 0.5) is 0 Å². The maximum absolute atomic E-state index is 14.2. The second-order valence-electron chi connectivity index (χ2n) is 9.98. The van der Waals surface area contributed by atoms with Crippen molar-refractivity contribution >= 4 is 33.7 Å². The van der Waals surface area contributed by atoms with E-state index >= 15 is 0 Å². The zero-order chi connectivity index (χ0) is 26.7. The van der Waals surface area contributed by atoms with Crippen molar-refractivity contribution in [2.24, 2.45) is 11.8 Å². The number of likely N-dealkylation sites (tertiary alicyclic amines) is 1. The van der Waals surface area contributed by atoms with Crippen LogP contribution in [0.15, 0.2) is 55.6 Å². The van der Waals surface area contributed by atoms with Crippen LogP contribution in [0.1, 0.15) is 25.3 Å². The molecule has 1 N–H and O–H groups in total. The molecule has 1 spiro atoms. The standard InChI is InChI=1S/C28H36BrN3O5/c1-4-12-30(13-5-2)25(34)21-22-26(35)32(15-16-33)24(28(22)17-20(29)23(21)37-28)27(36)31(14-6-3)18-19-10-8-7-9-11-19/h4,6-11,20-24,33H,1,3,5,12-18H2,2H3/t20?,21-,22+,23-,24?,28?/m1/s1. The molecule has 0 aliphatic carbocycles. The van der Waals surface area contributed by atoms with E-state index in [1.807, 2.05) is 37.3 Å². The van der Waals surface area contributed by atoms with Crippen LogP contribution in [-0.4, -0.2) is 92.9 Å². The van der Waals surface area contributed by atoms with Gasteiger partial charge in [0.25, 0.3) is 0 Å². The molecule has 3 unspecified atom stereocenters. The van der Waals surface area contributed by atoms with Gasteiger partial charge in [0.1, 0.15) is 11.6 Å². The molecule has 200 valence electrons. The molecule has 3 fully saturated rings. The number of halogens is 1. The summed E-state index contributed by atoms with van der Waals surface area (Å²) in [6.07, 6.45) is 4.03. The first-order valence-corrected chi connectivity index (χ1v) is 13.8. The van der Waals surface area contributed by atoms with Crippen LogP contribution >= 0.6 is 15.9 Å². The Morgan fingerprint density at radius 3 is 2.49 bits per heavy atom. The van der Waals surface area contributed by atoms with Gasteiger partial charge in [-0.25, -0.2) is 0 Å². The van der Waals surface area contributed by atoms with E-state index in [4.69, 9.17) is 4.74 Å². The molecule has 2 bridgehead atoms. The number of carbonyl (C=O) groups excluding carboxylic acids is 3. The van der Waals surface area contributed by atoms with Crippen LogP contribution in [0.3, 0.4) is 0 Å². The molecule has 0 aromatic heterocycles. The minimum Gasteiger partial charge on any atom is -0.395 e. The van der Waals surface area contributed by atoms with Gasteiger partial charge in [0.2, 0.25) is 17.7 Å². The summed E-state index contributed by atoms with van der Waals surface area (Å²) in [6.45, 7) is 10.9. The number of rotatable bonds is 12. The molecule has 3 aliphatic heterocycles. The summed E-state index contributed by atoms with van der Waals surface area (Å²) in [7, 11) is 0. The van der Waals surface area contributed by atoms with Crippen LogP contribution in [0, 0.1) is 11.8 Å². The quantitative estimate of drug-likeness (QED) is 0.306. The summed E-state index contributed by atoms with van der Waals surface area (Å²) >= 11 is 3.70. The molecular weight excluding hydrogens is 538 g/mol. The Kier molecular flexibility index (Phi) is 8.56. The normalized spacial score (nSPS) is 29.8. The molecule has 0 radical (unpaired) electrons. The SMILES string of the molecule is C=CCN(Cc1ccccc1)C(=O)C1N(CCO)C(=O)[C@@H]2[C@@H](C(=O)N(CC=C)CCC)[C@@H]3OC12CC3Br. The largest absolute Gasteiger partial charge is 0.395 e. The van der Waals surface area contributed by atoms with E-state index < -0.39 is 29.6 Å². The van der Waals surface area contributed by atoms with E-state index in [1.165, 1.54) is 4.90 Å². The second-order valence-corrected chi connectivity index (χ2v) is 11.2. The highest BCUT2D eigenvalue weighted by Gasteiger charge is 2.76. The number of amides is 3. The maximum Gasteiger partial charge on any atom is 0.248 e. The Hall–Kier alpha value is -2.49. The van der Waals surface area contributed by atoms with E-state index in [1.54, 1.807) is 22.0 Å². The summed E-state index contributed by atoms with van der Waals surface area (Å²) < 4.78 is 6.56. The molecule has 0 saturated carbocycles. The third kappa shape index (κ3) is 4.77. The van der Waals surface area contributed by atoms with Crippen molar-refractivity contribution in [2.75, 3.05) is 32.8 Å². The summed E-state index contributed by atoms with van der Waals surface area (Å²) in [5.74, 6) is -2.22. The molecule has 3 heterocycles. The minimum atomic E-state index is -1.15. The molecule has 4 rings (SSSR count). The molecule has 9 heteroatoms. The number of alkyl halides is 1. The summed E-state index contributed by atoms with van der Waals surface area (Å²) in [5.41, 5.74) is -0.197. The average molecular weight is 575 g/mol. The van der Waals surface area contributed by atoms with Gasteiger partial charge < -0.3 is 24.5 Å². The van der Waals surface area contributed by atoms with Gasteiger partial charge in [0.15, 0.2) is 0 Å². The Bertz CT molecular complexity index is 1040. The summed E-state index contributed by atoms with van der Waals surface area (Å²) in [6, 6.07) is 8.68. The third-order valence-corrected chi connectivity index (χ3v) is 8.53. The molecule has 1 aromatic rings. The van der Waals surface area contributed by atoms with Crippen LogP contribution in [0.25, 0.3) is 0 Å². The van der Waals surface area contributed by atoms with Crippen LogP contribution in [0.2, 0.25) is 0 Å². The van der Waals surface area contributed by atoms with Crippen molar-refractivity contribution in [2.45, 2.75) is 48.9 Å². The van der Waals surface area contributed by atoms with Crippen molar-refractivity contribution in [3.63, 3.8) is 0 Å². The van der Waals surface area contributed by atoms with Gasteiger partial charge in [-0.05, 0) is 18.4 Å². The lowest BCUT2D eigenvalue weighted by molar-refractivity contribution is -0.149. The van der Waals surface area contributed by atoms with E-state index in [-0.39, 0.29) is 35.7 Å². The van der Waals surface area contributed by atoms with Gasteiger partial charge in [0, 0.05) is 37.6 Å². The number of aliphatic hydroxyl groups is 1. The first-order chi connectivity index (χ1) is 17.8. The van der Waals surface area contributed by atoms with E-state index in [2.05, 4.69) is 29.1 Å². The van der Waals surface area contributed by atoms with E-state index in [0.29, 0.717) is 32.6 Å². The lowest BCUT2D eigenvalue weighted by Crippen LogP contribution is -2.57. The number of fused-ring (bicyclic) bond motifs is 1. The first kappa shape index (κ1) is 27.5. The third-order valence-electron chi connectivity index (χ3n) is 7.68. The number of hydrogen-bond acceptors (Lipinski definition) is 5. The van der Waals surface area contributed by atoms with Gasteiger partial charge >= 0.3 is 0 Å². The Morgan fingerprint density at radius 2 is 1.86 bits per heavy atom. The number of aliphatic hydroxyl groups excluding tert-OH is 1. The van der Waals surface area contributed by atoms with Gasteiger partial charge in [-0.15, -0.1) is 13.2 Å². The van der Waals surface area contributed by atoms with Crippen LogP contribution in [-0.2, 0) is 25.7 Å². The predicted molar refractivity (Wildman–Crippen MR) is 144 cm³/mol. The monoisotopic (exact) mass is 573 g/mol. The number of ether oxygens (including phenoxy) is 1. The van der Waals surface area contributed by atoms with Gasteiger partial charge in [-0.2, -0.15) is 0 Å². The molecule has 6 atom stereocenters.